The summed E-state index contributed by atoms with van der Waals surface area (Å²) in [5, 5.41) is 12.3. The van der Waals surface area contributed by atoms with Gasteiger partial charge in [-0.05, 0) is 31.5 Å². The topological polar surface area (TPSA) is 129 Å². The fraction of sp³-hybridized carbons (Fsp3) is 0.478. The summed E-state index contributed by atoms with van der Waals surface area (Å²) < 4.78 is 35.9. The van der Waals surface area contributed by atoms with Crippen LogP contribution >= 0.6 is 11.6 Å². The van der Waals surface area contributed by atoms with Crippen LogP contribution in [0.2, 0.25) is 5.02 Å². The summed E-state index contributed by atoms with van der Waals surface area (Å²) in [6, 6.07) is 4.44. The van der Waals surface area contributed by atoms with Gasteiger partial charge in [-0.25, -0.2) is 13.2 Å². The van der Waals surface area contributed by atoms with Crippen LogP contribution in [0.5, 0.6) is 5.75 Å². The molecule has 13 heteroatoms. The van der Waals surface area contributed by atoms with Gasteiger partial charge in [0.1, 0.15) is 11.3 Å². The van der Waals surface area contributed by atoms with Crippen molar-refractivity contribution in [2.45, 2.75) is 31.7 Å². The summed E-state index contributed by atoms with van der Waals surface area (Å²) in [7, 11) is -0.981. The second-order valence-electron chi connectivity index (χ2n) is 9.08. The van der Waals surface area contributed by atoms with Crippen molar-refractivity contribution in [3.05, 3.63) is 49.3 Å². The lowest BCUT2D eigenvalue weighted by atomic mass is 10.1. The largest absolute Gasteiger partial charge is 0.633 e. The Hall–Kier alpha value is -2.64. The number of H-pyrrole nitrogens is 1. The molecule has 1 saturated heterocycles. The van der Waals surface area contributed by atoms with Crippen molar-refractivity contribution in [3.8, 4) is 17.0 Å². The molecule has 0 spiro atoms. The van der Waals surface area contributed by atoms with Crippen molar-refractivity contribution in [2.75, 3.05) is 39.8 Å². The minimum absolute atomic E-state index is 0.0107. The molecule has 36 heavy (non-hydrogen) atoms. The zero-order valence-electron chi connectivity index (χ0n) is 20.7. The van der Waals surface area contributed by atoms with E-state index < -0.39 is 25.9 Å². The molecule has 196 valence electrons. The Balaban J connectivity index is 1.92. The quantitative estimate of drug-likeness (QED) is 0.361. The lowest BCUT2D eigenvalue weighted by Gasteiger charge is -2.44. The molecule has 0 saturated carbocycles. The summed E-state index contributed by atoms with van der Waals surface area (Å²) in [6.45, 7) is 4.90. The number of aryl methyl sites for hydroxylation is 1. The van der Waals surface area contributed by atoms with Crippen molar-refractivity contribution in [3.63, 3.8) is 0 Å². The number of quaternary nitrogens is 1. The number of nitrogens with zero attached hydrogens (tertiary/aromatic N) is 4. The highest BCUT2D eigenvalue weighted by atomic mass is 35.5. The standard InChI is InChI=1S/C23H30ClN5O6S/c1-5-9-28-21-18(24)19(25-20(21)22(30)26(3)23(28)31)16-14-15(7-8-17(16)35-6-2)36(33,34)27-10-12-29(4,32)13-11-27/h7-8,14,25H,5-6,9-13H2,1-4H3. The number of aromatic amines is 1. The van der Waals surface area contributed by atoms with Gasteiger partial charge in [-0.15, -0.1) is 0 Å². The van der Waals surface area contributed by atoms with Gasteiger partial charge in [0.25, 0.3) is 5.56 Å². The number of benzene rings is 1. The first-order valence-electron chi connectivity index (χ1n) is 11.8. The molecule has 11 nitrogen and oxygen atoms in total. The number of rotatable bonds is 7. The van der Waals surface area contributed by atoms with Gasteiger partial charge in [-0.2, -0.15) is 4.31 Å². The summed E-state index contributed by atoms with van der Waals surface area (Å²) in [6.07, 6.45) is 0.638. The first kappa shape index (κ1) is 26.4. The van der Waals surface area contributed by atoms with E-state index >= 15 is 0 Å². The molecule has 4 rings (SSSR count). The van der Waals surface area contributed by atoms with Crippen LogP contribution in [-0.4, -0.2) is 71.3 Å². The lowest BCUT2D eigenvalue weighted by Crippen LogP contribution is -2.54. The summed E-state index contributed by atoms with van der Waals surface area (Å²) >= 11 is 6.76. The van der Waals surface area contributed by atoms with E-state index in [1.807, 2.05) is 6.92 Å². The molecule has 0 atom stereocenters. The van der Waals surface area contributed by atoms with E-state index in [-0.39, 0.29) is 52.8 Å². The molecular weight excluding hydrogens is 510 g/mol. The third kappa shape index (κ3) is 4.48. The van der Waals surface area contributed by atoms with Crippen LogP contribution in [0.1, 0.15) is 20.3 Å². The van der Waals surface area contributed by atoms with E-state index in [2.05, 4.69) is 4.98 Å². The minimum Gasteiger partial charge on any atom is -0.633 e. The van der Waals surface area contributed by atoms with Crippen LogP contribution in [0.25, 0.3) is 22.3 Å². The van der Waals surface area contributed by atoms with Crippen LogP contribution < -0.4 is 16.0 Å². The van der Waals surface area contributed by atoms with Gasteiger partial charge in [0.2, 0.25) is 10.0 Å². The number of ether oxygens (including phenoxy) is 1. The third-order valence-electron chi connectivity index (χ3n) is 6.47. The van der Waals surface area contributed by atoms with Crippen molar-refractivity contribution in [2.24, 2.45) is 7.05 Å². The van der Waals surface area contributed by atoms with Crippen LogP contribution in [-0.2, 0) is 23.6 Å². The van der Waals surface area contributed by atoms with E-state index in [1.165, 1.54) is 35.1 Å². The maximum atomic E-state index is 13.4. The maximum absolute atomic E-state index is 13.4. The normalized spacial score (nSPS) is 16.5. The lowest BCUT2D eigenvalue weighted by molar-refractivity contribution is -0.864. The number of hydroxylamine groups is 3. The van der Waals surface area contributed by atoms with Gasteiger partial charge >= 0.3 is 5.69 Å². The molecule has 0 amide bonds. The molecule has 3 heterocycles. The number of likely N-dealkylation sites (N-methyl/N-ethyl adjacent to an activating group) is 1. The number of fused-ring (bicyclic) bond motifs is 1. The molecule has 1 aromatic carbocycles. The summed E-state index contributed by atoms with van der Waals surface area (Å²) in [5.41, 5.74) is 0.00677. The van der Waals surface area contributed by atoms with E-state index in [1.54, 1.807) is 13.0 Å². The highest BCUT2D eigenvalue weighted by Gasteiger charge is 2.32. The molecule has 1 aliphatic heterocycles. The van der Waals surface area contributed by atoms with Gasteiger partial charge in [-0.1, -0.05) is 18.5 Å². The molecular formula is C23H30ClN5O6S. The molecule has 1 N–H and O–H groups in total. The first-order chi connectivity index (χ1) is 16.9. The predicted octanol–water partition coefficient (Wildman–Crippen LogP) is 2.11. The Kier molecular flexibility index (Phi) is 7.10. The molecule has 1 aliphatic rings. The number of halogens is 1. The molecule has 0 unspecified atom stereocenters. The molecule has 3 aromatic rings. The molecule has 0 bridgehead atoms. The predicted molar refractivity (Wildman–Crippen MR) is 138 cm³/mol. The highest BCUT2D eigenvalue weighted by Crippen LogP contribution is 2.39. The number of nitrogens with one attached hydrogen (secondary N) is 1. The fourth-order valence-corrected chi connectivity index (χ4v) is 6.22. The number of aromatic nitrogens is 3. The van der Waals surface area contributed by atoms with Crippen LogP contribution in [0.3, 0.4) is 0 Å². The minimum atomic E-state index is -3.90. The number of piperazine rings is 1. The first-order valence-corrected chi connectivity index (χ1v) is 13.6. The van der Waals surface area contributed by atoms with E-state index in [9.17, 15) is 23.2 Å². The van der Waals surface area contributed by atoms with E-state index in [0.717, 1.165) is 4.57 Å². The number of sulfonamides is 1. The molecule has 0 aliphatic carbocycles. The third-order valence-corrected chi connectivity index (χ3v) is 8.73. The second kappa shape index (κ2) is 9.67. The Bertz CT molecular complexity index is 1530. The van der Waals surface area contributed by atoms with Gasteiger partial charge < -0.3 is 19.6 Å². The van der Waals surface area contributed by atoms with E-state index in [0.29, 0.717) is 30.9 Å². The van der Waals surface area contributed by atoms with Crippen molar-refractivity contribution in [1.29, 1.82) is 0 Å². The fourth-order valence-electron chi connectivity index (χ4n) is 4.43. The van der Waals surface area contributed by atoms with Crippen LogP contribution in [0, 0.1) is 5.21 Å². The van der Waals surface area contributed by atoms with E-state index in [4.69, 9.17) is 16.3 Å². The van der Waals surface area contributed by atoms with Gasteiger partial charge in [-0.3, -0.25) is 13.9 Å². The molecule has 1 fully saturated rings. The van der Waals surface area contributed by atoms with Crippen LogP contribution in [0.4, 0.5) is 0 Å². The average molecular weight is 540 g/mol. The Morgan fingerprint density at radius 2 is 1.86 bits per heavy atom. The number of hydrogen-bond acceptors (Lipinski definition) is 6. The SMILES string of the molecule is CCCn1c(=O)n(C)c(=O)c2[nH]c(-c3cc(S(=O)(=O)N4CC[N+](C)([O-])CC4)ccc3OCC)c(Cl)c21. The van der Waals surface area contributed by atoms with Crippen molar-refractivity contribution in [1.82, 2.24) is 18.4 Å². The smallest absolute Gasteiger partial charge is 0.331 e. The summed E-state index contributed by atoms with van der Waals surface area (Å²) in [4.78, 5) is 28.7. The zero-order chi connectivity index (χ0) is 26.4. The molecule has 2 aromatic heterocycles. The van der Waals surface area contributed by atoms with Crippen LogP contribution in [0.15, 0.2) is 32.7 Å². The zero-order valence-corrected chi connectivity index (χ0v) is 22.3. The Labute approximate surface area is 213 Å². The Morgan fingerprint density at radius 3 is 2.47 bits per heavy atom. The van der Waals surface area contributed by atoms with Gasteiger partial charge in [0.15, 0.2) is 0 Å². The van der Waals surface area contributed by atoms with Gasteiger partial charge in [0, 0.05) is 19.2 Å². The van der Waals surface area contributed by atoms with Crippen molar-refractivity contribution >= 4 is 32.7 Å². The number of hydrogen-bond donors (Lipinski definition) is 1. The molecule has 0 radical (unpaired) electrons. The average Bonchev–Trinajstić information content (AvgIpc) is 3.17. The Morgan fingerprint density at radius 1 is 1.19 bits per heavy atom. The second-order valence-corrected chi connectivity index (χ2v) is 11.4. The maximum Gasteiger partial charge on any atom is 0.331 e. The summed E-state index contributed by atoms with van der Waals surface area (Å²) in [5.74, 6) is 0.369. The van der Waals surface area contributed by atoms with Crippen molar-refractivity contribution < 1.29 is 17.8 Å². The highest BCUT2D eigenvalue weighted by molar-refractivity contribution is 7.89. The van der Waals surface area contributed by atoms with Gasteiger partial charge in [0.05, 0.1) is 61.0 Å². The monoisotopic (exact) mass is 539 g/mol.